The summed E-state index contributed by atoms with van der Waals surface area (Å²) in [4.78, 5) is 22.8. The Morgan fingerprint density at radius 2 is 1.85 bits per heavy atom. The van der Waals surface area contributed by atoms with Crippen LogP contribution in [0, 0.1) is 17.8 Å². The number of aliphatic hydroxyl groups is 1. The quantitative estimate of drug-likeness (QED) is 0.502. The van der Waals surface area contributed by atoms with Gasteiger partial charge in [-0.2, -0.15) is 0 Å². The Morgan fingerprint density at radius 3 is 2.54 bits per heavy atom. The second-order valence-electron chi connectivity index (χ2n) is 12.7. The number of nitrogens with zero attached hydrogens (tertiary/aromatic N) is 4. The van der Waals surface area contributed by atoms with Crippen LogP contribution in [0.5, 0.6) is 0 Å². The third kappa shape index (κ3) is 6.75. The van der Waals surface area contributed by atoms with E-state index in [2.05, 4.69) is 29.9 Å². The average Bonchev–Trinajstić information content (AvgIpc) is 3.60. The standard InChI is InChI=1S/C33H44N4O3S/c1-33(2,3)41(40)37-23-27-22-28(32(39)36-18-16-35(4)17-19-36)34-31(30(27)29(37)15-20-38)26-14-8-13-25(21-26)12-7-11-24-9-5-6-10-24/h8,13-14,21-22,24,29,38H,5-6,9-11,15-20,23H2,1-4H3/t29-,41?/m0/s1. The molecule has 2 aromatic rings. The molecule has 2 aliphatic heterocycles. The van der Waals surface area contributed by atoms with E-state index in [4.69, 9.17) is 4.98 Å². The van der Waals surface area contributed by atoms with Gasteiger partial charge in [0.1, 0.15) is 16.7 Å². The van der Waals surface area contributed by atoms with Gasteiger partial charge in [0.2, 0.25) is 0 Å². The highest BCUT2D eigenvalue weighted by atomic mass is 32.2. The molecule has 41 heavy (non-hydrogen) atoms. The Morgan fingerprint density at radius 1 is 1.12 bits per heavy atom. The van der Waals surface area contributed by atoms with Gasteiger partial charge in [-0.3, -0.25) is 4.79 Å². The van der Waals surface area contributed by atoms with Crippen molar-refractivity contribution < 1.29 is 14.1 Å². The van der Waals surface area contributed by atoms with Crippen molar-refractivity contribution in [1.82, 2.24) is 19.1 Å². The van der Waals surface area contributed by atoms with Crippen molar-refractivity contribution in [3.8, 4) is 23.1 Å². The summed E-state index contributed by atoms with van der Waals surface area (Å²) in [6.07, 6.45) is 6.55. The van der Waals surface area contributed by atoms with Gasteiger partial charge in [-0.05, 0) is 76.8 Å². The van der Waals surface area contributed by atoms with Crippen molar-refractivity contribution in [3.63, 3.8) is 0 Å². The van der Waals surface area contributed by atoms with E-state index in [1.54, 1.807) is 0 Å². The van der Waals surface area contributed by atoms with Crippen LogP contribution >= 0.6 is 0 Å². The average molecular weight is 577 g/mol. The van der Waals surface area contributed by atoms with E-state index < -0.39 is 15.7 Å². The van der Waals surface area contributed by atoms with E-state index in [9.17, 15) is 14.1 Å². The van der Waals surface area contributed by atoms with Crippen LogP contribution in [-0.2, 0) is 17.5 Å². The van der Waals surface area contributed by atoms with E-state index >= 15 is 0 Å². The number of likely N-dealkylation sites (N-methyl/N-ethyl adjacent to an activating group) is 1. The Balaban J connectivity index is 1.56. The summed E-state index contributed by atoms with van der Waals surface area (Å²) in [6, 6.07) is 9.75. The van der Waals surface area contributed by atoms with E-state index in [1.165, 1.54) is 25.7 Å². The van der Waals surface area contributed by atoms with Gasteiger partial charge in [-0.1, -0.05) is 36.8 Å². The van der Waals surface area contributed by atoms with E-state index in [0.29, 0.717) is 37.7 Å². The number of rotatable bonds is 6. The van der Waals surface area contributed by atoms with Crippen molar-refractivity contribution >= 4 is 16.9 Å². The molecule has 1 amide bonds. The number of pyridine rings is 1. The molecule has 1 aromatic carbocycles. The summed E-state index contributed by atoms with van der Waals surface area (Å²) >= 11 is 0. The maximum Gasteiger partial charge on any atom is 0.272 e. The SMILES string of the molecule is CN1CCN(C(=O)c2cc3c(c(-c4cccc(C#CCC5CCCC5)c4)n2)[C@H](CCO)N(S(=O)C(C)(C)C)C3)CC1. The Hall–Kier alpha value is -2.57. The molecular weight excluding hydrogens is 532 g/mol. The van der Waals surface area contributed by atoms with Crippen LogP contribution in [0.4, 0.5) is 0 Å². The lowest BCUT2D eigenvalue weighted by atomic mass is 9.95. The van der Waals surface area contributed by atoms with Crippen LogP contribution in [0.3, 0.4) is 0 Å². The normalized spacial score (nSPS) is 21.0. The predicted molar refractivity (Wildman–Crippen MR) is 164 cm³/mol. The number of benzene rings is 1. The molecule has 3 aliphatic rings. The molecular formula is C33H44N4O3S. The molecule has 1 aromatic heterocycles. The first-order chi connectivity index (χ1) is 19.7. The molecule has 0 radical (unpaired) electrons. The zero-order valence-electron chi connectivity index (χ0n) is 25.0. The molecule has 1 aliphatic carbocycles. The van der Waals surface area contributed by atoms with Gasteiger partial charge in [0.25, 0.3) is 5.91 Å². The van der Waals surface area contributed by atoms with Crippen LogP contribution in [0.15, 0.2) is 30.3 Å². The largest absolute Gasteiger partial charge is 0.396 e. The number of carbonyl (C=O) groups is 1. The highest BCUT2D eigenvalue weighted by Gasteiger charge is 2.40. The summed E-state index contributed by atoms with van der Waals surface area (Å²) in [5, 5.41) is 10.1. The maximum atomic E-state index is 13.7. The second kappa shape index (κ2) is 12.7. The molecule has 2 atom stereocenters. The summed E-state index contributed by atoms with van der Waals surface area (Å²) in [6.45, 7) is 9.33. The summed E-state index contributed by atoms with van der Waals surface area (Å²) < 4.78 is 15.2. The van der Waals surface area contributed by atoms with Crippen LogP contribution in [-0.4, -0.2) is 78.9 Å². The number of piperazine rings is 1. The number of amides is 1. The topological polar surface area (TPSA) is 77.0 Å². The van der Waals surface area contributed by atoms with Crippen LogP contribution in [0.2, 0.25) is 0 Å². The number of hydrogen-bond donors (Lipinski definition) is 1. The van der Waals surface area contributed by atoms with Crippen molar-refractivity contribution in [1.29, 1.82) is 0 Å². The van der Waals surface area contributed by atoms with Crippen LogP contribution in [0.1, 0.15) is 92.5 Å². The first kappa shape index (κ1) is 29.9. The lowest BCUT2D eigenvalue weighted by Gasteiger charge is -2.32. The number of fused-ring (bicyclic) bond motifs is 1. The van der Waals surface area contributed by atoms with Gasteiger partial charge in [0.15, 0.2) is 0 Å². The van der Waals surface area contributed by atoms with Crippen molar-refractivity contribution in [2.45, 2.75) is 76.6 Å². The smallest absolute Gasteiger partial charge is 0.272 e. The summed E-state index contributed by atoms with van der Waals surface area (Å²) in [5.41, 5.74) is 4.90. The molecule has 3 heterocycles. The van der Waals surface area contributed by atoms with Gasteiger partial charge in [0, 0.05) is 62.4 Å². The minimum atomic E-state index is -1.30. The first-order valence-corrected chi connectivity index (χ1v) is 16.2. The van der Waals surface area contributed by atoms with Gasteiger partial charge < -0.3 is 14.9 Å². The van der Waals surface area contributed by atoms with E-state index in [0.717, 1.165) is 47.5 Å². The first-order valence-electron chi connectivity index (χ1n) is 15.1. The highest BCUT2D eigenvalue weighted by Crippen LogP contribution is 2.44. The summed E-state index contributed by atoms with van der Waals surface area (Å²) in [5.74, 6) is 7.42. The molecule has 2 fully saturated rings. The zero-order valence-corrected chi connectivity index (χ0v) is 25.8. The lowest BCUT2D eigenvalue weighted by Crippen LogP contribution is -2.47. The van der Waals surface area contributed by atoms with Gasteiger partial charge >= 0.3 is 0 Å². The van der Waals surface area contributed by atoms with Gasteiger partial charge in [-0.25, -0.2) is 13.5 Å². The van der Waals surface area contributed by atoms with Crippen LogP contribution in [0.25, 0.3) is 11.3 Å². The van der Waals surface area contributed by atoms with Crippen molar-refractivity contribution in [3.05, 3.63) is 52.7 Å². The fraction of sp³-hybridized carbons (Fsp3) is 0.576. The van der Waals surface area contributed by atoms with Crippen LogP contribution < -0.4 is 0 Å². The molecule has 1 N–H and O–H groups in total. The highest BCUT2D eigenvalue weighted by molar-refractivity contribution is 7.84. The molecule has 220 valence electrons. The number of hydrogen-bond acceptors (Lipinski definition) is 5. The molecule has 1 saturated carbocycles. The Bertz CT molecular complexity index is 1340. The van der Waals surface area contributed by atoms with Crippen molar-refractivity contribution in [2.75, 3.05) is 39.8 Å². The third-order valence-electron chi connectivity index (χ3n) is 8.53. The third-order valence-corrected chi connectivity index (χ3v) is 10.4. The molecule has 0 bridgehead atoms. The van der Waals surface area contributed by atoms with E-state index in [-0.39, 0.29) is 18.6 Å². The number of aromatic nitrogens is 1. The Labute approximate surface area is 247 Å². The van der Waals surface area contributed by atoms with Gasteiger partial charge in [0.05, 0.1) is 16.5 Å². The molecule has 1 saturated heterocycles. The lowest BCUT2D eigenvalue weighted by molar-refractivity contribution is 0.0658. The predicted octanol–water partition coefficient (Wildman–Crippen LogP) is 4.77. The zero-order chi connectivity index (χ0) is 29.1. The number of aliphatic hydroxyl groups excluding tert-OH is 1. The fourth-order valence-electron chi connectivity index (χ4n) is 6.23. The van der Waals surface area contributed by atoms with Gasteiger partial charge in [-0.15, -0.1) is 0 Å². The number of carbonyl (C=O) groups excluding carboxylic acids is 1. The van der Waals surface area contributed by atoms with Crippen molar-refractivity contribution in [2.24, 2.45) is 5.92 Å². The second-order valence-corrected chi connectivity index (χ2v) is 14.9. The minimum absolute atomic E-state index is 0.0317. The molecule has 8 heteroatoms. The molecule has 5 rings (SSSR count). The molecule has 1 unspecified atom stereocenters. The minimum Gasteiger partial charge on any atom is -0.396 e. The Kier molecular flexibility index (Phi) is 9.30. The molecule has 7 nitrogen and oxygen atoms in total. The fourth-order valence-corrected chi connectivity index (χ4v) is 7.63. The molecule has 0 spiro atoms. The monoisotopic (exact) mass is 576 g/mol. The van der Waals surface area contributed by atoms with E-state index in [1.807, 2.05) is 54.2 Å². The maximum absolute atomic E-state index is 13.7. The summed E-state index contributed by atoms with van der Waals surface area (Å²) in [7, 11) is 0.772.